The first-order valence-electron chi connectivity index (χ1n) is 7.08. The lowest BCUT2D eigenvalue weighted by atomic mass is 9.77. The molecule has 0 aliphatic heterocycles. The van der Waals surface area contributed by atoms with Crippen LogP contribution in [-0.2, 0) is 6.42 Å². The molecule has 0 amide bonds. The Morgan fingerprint density at radius 3 is 2.61 bits per heavy atom. The molecule has 1 fully saturated rings. The minimum absolute atomic E-state index is 0.294. The van der Waals surface area contributed by atoms with Crippen LogP contribution in [0.25, 0.3) is 0 Å². The molecular weight excluding hydrogens is 224 g/mol. The van der Waals surface area contributed by atoms with E-state index >= 15 is 0 Å². The summed E-state index contributed by atoms with van der Waals surface area (Å²) in [5.41, 5.74) is 1.23. The van der Waals surface area contributed by atoms with Crippen LogP contribution in [0.3, 0.4) is 0 Å². The Labute approximate surface area is 110 Å². The molecule has 100 valence electrons. The van der Waals surface area contributed by atoms with Crippen molar-refractivity contribution in [2.45, 2.75) is 38.5 Å². The van der Waals surface area contributed by atoms with Gasteiger partial charge in [0, 0.05) is 6.61 Å². The van der Waals surface area contributed by atoms with Crippen molar-refractivity contribution in [3.05, 3.63) is 29.8 Å². The smallest absolute Gasteiger partial charge is 0.122 e. The number of hydrogen-bond acceptors (Lipinski definition) is 2. The maximum atomic E-state index is 9.66. The van der Waals surface area contributed by atoms with Gasteiger partial charge in [0.15, 0.2) is 0 Å². The molecule has 1 aromatic rings. The van der Waals surface area contributed by atoms with E-state index in [0.717, 1.165) is 12.2 Å². The lowest BCUT2D eigenvalue weighted by Crippen LogP contribution is -2.23. The molecule has 2 nitrogen and oxygen atoms in total. The van der Waals surface area contributed by atoms with E-state index in [1.165, 1.54) is 37.7 Å². The second kappa shape index (κ2) is 6.79. The monoisotopic (exact) mass is 248 g/mol. The highest BCUT2D eigenvalue weighted by Crippen LogP contribution is 2.33. The molecule has 1 N–H and O–H groups in total. The van der Waals surface area contributed by atoms with Gasteiger partial charge < -0.3 is 9.84 Å². The number of aliphatic hydroxyl groups excluding tert-OH is 1. The van der Waals surface area contributed by atoms with E-state index in [1.54, 1.807) is 7.11 Å². The first-order valence-corrected chi connectivity index (χ1v) is 7.08. The van der Waals surface area contributed by atoms with E-state index < -0.39 is 0 Å². The van der Waals surface area contributed by atoms with Crippen molar-refractivity contribution in [3.8, 4) is 5.75 Å². The van der Waals surface area contributed by atoms with Gasteiger partial charge in [-0.1, -0.05) is 50.3 Å². The van der Waals surface area contributed by atoms with E-state index in [4.69, 9.17) is 4.74 Å². The molecule has 2 heteroatoms. The largest absolute Gasteiger partial charge is 0.496 e. The summed E-state index contributed by atoms with van der Waals surface area (Å²) >= 11 is 0. The second-order valence-corrected chi connectivity index (χ2v) is 5.36. The first-order chi connectivity index (χ1) is 8.85. The number of ether oxygens (including phenoxy) is 1. The molecule has 2 rings (SSSR count). The van der Waals surface area contributed by atoms with Gasteiger partial charge in [-0.25, -0.2) is 0 Å². The van der Waals surface area contributed by atoms with Crippen LogP contribution >= 0.6 is 0 Å². The van der Waals surface area contributed by atoms with E-state index in [1.807, 2.05) is 18.2 Å². The van der Waals surface area contributed by atoms with E-state index in [0.29, 0.717) is 18.4 Å². The maximum Gasteiger partial charge on any atom is 0.122 e. The Morgan fingerprint density at radius 2 is 1.94 bits per heavy atom. The van der Waals surface area contributed by atoms with Gasteiger partial charge in [-0.3, -0.25) is 0 Å². The summed E-state index contributed by atoms with van der Waals surface area (Å²) in [6.07, 6.45) is 7.51. The van der Waals surface area contributed by atoms with Gasteiger partial charge >= 0.3 is 0 Å². The van der Waals surface area contributed by atoms with Crippen molar-refractivity contribution in [3.63, 3.8) is 0 Å². The fourth-order valence-corrected chi connectivity index (χ4v) is 3.14. The summed E-state index contributed by atoms with van der Waals surface area (Å²) in [6.45, 7) is 0.294. The molecule has 1 atom stereocenters. The summed E-state index contributed by atoms with van der Waals surface area (Å²) in [5.74, 6) is 2.03. The van der Waals surface area contributed by atoms with Gasteiger partial charge in [0.1, 0.15) is 5.75 Å². The normalized spacial score (nSPS) is 18.6. The molecule has 1 aliphatic rings. The Hall–Kier alpha value is -1.02. The number of benzene rings is 1. The number of rotatable bonds is 5. The summed E-state index contributed by atoms with van der Waals surface area (Å²) in [5, 5.41) is 9.66. The van der Waals surface area contributed by atoms with Crippen LogP contribution in [0.15, 0.2) is 24.3 Å². The minimum atomic E-state index is 0.294. The molecule has 18 heavy (non-hydrogen) atoms. The van der Waals surface area contributed by atoms with Crippen molar-refractivity contribution in [1.82, 2.24) is 0 Å². The van der Waals surface area contributed by atoms with Crippen LogP contribution in [0, 0.1) is 11.8 Å². The topological polar surface area (TPSA) is 29.5 Å². The van der Waals surface area contributed by atoms with Crippen molar-refractivity contribution < 1.29 is 9.84 Å². The highest BCUT2D eigenvalue weighted by molar-refractivity contribution is 5.33. The molecule has 0 radical (unpaired) electrons. The van der Waals surface area contributed by atoms with E-state index in [2.05, 4.69) is 6.07 Å². The highest BCUT2D eigenvalue weighted by atomic mass is 16.5. The Morgan fingerprint density at radius 1 is 1.22 bits per heavy atom. The third kappa shape index (κ3) is 3.26. The number of aliphatic hydroxyl groups is 1. The summed E-state index contributed by atoms with van der Waals surface area (Å²) in [7, 11) is 1.72. The molecule has 1 saturated carbocycles. The second-order valence-electron chi connectivity index (χ2n) is 5.36. The minimum Gasteiger partial charge on any atom is -0.496 e. The molecule has 1 aromatic carbocycles. The van der Waals surface area contributed by atoms with Crippen LogP contribution in [-0.4, -0.2) is 18.8 Å². The van der Waals surface area contributed by atoms with E-state index in [-0.39, 0.29) is 0 Å². The summed E-state index contributed by atoms with van der Waals surface area (Å²) in [4.78, 5) is 0. The van der Waals surface area contributed by atoms with Crippen molar-refractivity contribution >= 4 is 0 Å². The maximum absolute atomic E-state index is 9.66. The summed E-state index contributed by atoms with van der Waals surface area (Å²) in [6, 6.07) is 8.17. The highest BCUT2D eigenvalue weighted by Gasteiger charge is 2.24. The van der Waals surface area contributed by atoms with Gasteiger partial charge in [0.2, 0.25) is 0 Å². The van der Waals surface area contributed by atoms with Gasteiger partial charge in [0.05, 0.1) is 7.11 Å². The van der Waals surface area contributed by atoms with Crippen LogP contribution in [0.5, 0.6) is 5.75 Å². The van der Waals surface area contributed by atoms with Crippen LogP contribution in [0.2, 0.25) is 0 Å². The zero-order chi connectivity index (χ0) is 12.8. The number of methoxy groups -OCH3 is 1. The molecule has 1 unspecified atom stereocenters. The Kier molecular flexibility index (Phi) is 5.06. The third-order valence-electron chi connectivity index (χ3n) is 4.23. The molecule has 0 aromatic heterocycles. The first kappa shape index (κ1) is 13.4. The van der Waals surface area contributed by atoms with Crippen molar-refractivity contribution in [2.75, 3.05) is 13.7 Å². The van der Waals surface area contributed by atoms with Crippen molar-refractivity contribution in [1.29, 1.82) is 0 Å². The fourth-order valence-electron chi connectivity index (χ4n) is 3.14. The van der Waals surface area contributed by atoms with Crippen molar-refractivity contribution in [2.24, 2.45) is 11.8 Å². The SMILES string of the molecule is COc1ccccc1CC(CO)C1CCCCC1. The molecule has 0 heterocycles. The quantitative estimate of drug-likeness (QED) is 0.865. The lowest BCUT2D eigenvalue weighted by Gasteiger charge is -2.29. The van der Waals surface area contributed by atoms with Crippen LogP contribution < -0.4 is 4.74 Å². The zero-order valence-corrected chi connectivity index (χ0v) is 11.3. The fraction of sp³-hybridized carbons (Fsp3) is 0.625. The number of para-hydroxylation sites is 1. The molecular formula is C16H24O2. The van der Waals surface area contributed by atoms with Crippen LogP contribution in [0.4, 0.5) is 0 Å². The predicted molar refractivity (Wildman–Crippen MR) is 73.8 cm³/mol. The molecule has 1 aliphatic carbocycles. The lowest BCUT2D eigenvalue weighted by molar-refractivity contribution is 0.146. The van der Waals surface area contributed by atoms with Crippen LogP contribution in [0.1, 0.15) is 37.7 Å². The van der Waals surface area contributed by atoms with E-state index in [9.17, 15) is 5.11 Å². The average molecular weight is 248 g/mol. The predicted octanol–water partition coefficient (Wildman–Crippen LogP) is 3.43. The molecule has 0 spiro atoms. The van der Waals surface area contributed by atoms with Gasteiger partial charge in [0.25, 0.3) is 0 Å². The zero-order valence-electron chi connectivity index (χ0n) is 11.3. The average Bonchev–Trinajstić information content (AvgIpc) is 2.46. The number of hydrogen-bond donors (Lipinski definition) is 1. The van der Waals surface area contributed by atoms with Gasteiger partial charge in [-0.15, -0.1) is 0 Å². The standard InChI is InChI=1S/C16H24O2/c1-18-16-10-6-5-9-14(16)11-15(12-17)13-7-3-2-4-8-13/h5-6,9-10,13,15,17H,2-4,7-8,11-12H2,1H3. The Balaban J connectivity index is 2.04. The van der Waals surface area contributed by atoms with Gasteiger partial charge in [-0.2, -0.15) is 0 Å². The Bertz CT molecular complexity index is 356. The van der Waals surface area contributed by atoms with Gasteiger partial charge in [-0.05, 0) is 29.9 Å². The third-order valence-corrected chi connectivity index (χ3v) is 4.23. The summed E-state index contributed by atoms with van der Waals surface area (Å²) < 4.78 is 5.40. The molecule has 0 bridgehead atoms. The molecule has 0 saturated heterocycles.